The topological polar surface area (TPSA) is 38.3 Å². The highest BCUT2D eigenvalue weighted by Crippen LogP contribution is 2.20. The summed E-state index contributed by atoms with van der Waals surface area (Å²) < 4.78 is 18.9. The molecule has 1 N–H and O–H groups in total. The van der Waals surface area contributed by atoms with Gasteiger partial charge in [0.2, 0.25) is 0 Å². The lowest BCUT2D eigenvalue weighted by Crippen LogP contribution is -2.27. The van der Waals surface area contributed by atoms with Crippen molar-refractivity contribution >= 4 is 5.91 Å². The fourth-order valence-corrected chi connectivity index (χ4v) is 2.15. The van der Waals surface area contributed by atoms with E-state index in [-0.39, 0.29) is 11.7 Å². The molecule has 0 heterocycles. The second-order valence-corrected chi connectivity index (χ2v) is 4.90. The van der Waals surface area contributed by atoms with Crippen LogP contribution in [0, 0.1) is 12.7 Å². The molecule has 1 amide bonds. The minimum absolute atomic E-state index is 0.260. The average Bonchev–Trinajstić information content (AvgIpc) is 2.48. The lowest BCUT2D eigenvalue weighted by Gasteiger charge is -2.15. The number of aryl methyl sites for hydroxylation is 1. The highest BCUT2D eigenvalue weighted by atomic mass is 19.1. The van der Waals surface area contributed by atoms with Crippen molar-refractivity contribution in [2.45, 2.75) is 19.9 Å². The van der Waals surface area contributed by atoms with Gasteiger partial charge in [0.05, 0.1) is 13.2 Å². The van der Waals surface area contributed by atoms with Gasteiger partial charge in [0.1, 0.15) is 11.6 Å². The summed E-state index contributed by atoms with van der Waals surface area (Å²) in [5.74, 6) is 0.0667. The number of nitrogens with one attached hydrogen (secondary N) is 1. The van der Waals surface area contributed by atoms with Gasteiger partial charge in [0, 0.05) is 11.1 Å². The highest BCUT2D eigenvalue weighted by molar-refractivity contribution is 5.95. The molecule has 2 aromatic rings. The van der Waals surface area contributed by atoms with Crippen molar-refractivity contribution in [2.75, 3.05) is 7.11 Å². The Bertz CT molecular complexity index is 655. The summed E-state index contributed by atoms with van der Waals surface area (Å²) in [6, 6.07) is 11.2. The van der Waals surface area contributed by atoms with Gasteiger partial charge in [0.25, 0.3) is 5.91 Å². The Kier molecular flexibility index (Phi) is 4.58. The molecule has 0 aliphatic heterocycles. The molecule has 4 heteroatoms. The first-order valence-corrected chi connectivity index (χ1v) is 6.73. The third-order valence-electron chi connectivity index (χ3n) is 3.39. The molecule has 1 atom stereocenters. The van der Waals surface area contributed by atoms with E-state index >= 15 is 0 Å². The smallest absolute Gasteiger partial charge is 0.251 e. The Hall–Kier alpha value is -2.36. The number of rotatable bonds is 4. The summed E-state index contributed by atoms with van der Waals surface area (Å²) in [6.45, 7) is 3.66. The molecular formula is C17H18FNO2. The van der Waals surface area contributed by atoms with Gasteiger partial charge in [-0.15, -0.1) is 0 Å². The van der Waals surface area contributed by atoms with Crippen molar-refractivity contribution in [3.8, 4) is 5.75 Å². The zero-order valence-corrected chi connectivity index (χ0v) is 12.3. The first kappa shape index (κ1) is 15.0. The number of amides is 1. The second-order valence-electron chi connectivity index (χ2n) is 4.90. The molecule has 0 aromatic heterocycles. The normalized spacial score (nSPS) is 11.8. The Morgan fingerprint density at radius 2 is 1.95 bits per heavy atom. The van der Waals surface area contributed by atoms with Gasteiger partial charge in [0.15, 0.2) is 0 Å². The van der Waals surface area contributed by atoms with Crippen LogP contribution in [-0.4, -0.2) is 13.0 Å². The Morgan fingerprint density at radius 3 is 2.62 bits per heavy atom. The van der Waals surface area contributed by atoms with Crippen LogP contribution in [-0.2, 0) is 0 Å². The maximum absolute atomic E-state index is 13.7. The maximum atomic E-state index is 13.7. The van der Waals surface area contributed by atoms with Gasteiger partial charge in [-0.2, -0.15) is 0 Å². The Balaban J connectivity index is 2.16. The van der Waals surface area contributed by atoms with Crippen LogP contribution < -0.4 is 10.1 Å². The lowest BCUT2D eigenvalue weighted by molar-refractivity contribution is 0.0939. The van der Waals surface area contributed by atoms with Crippen molar-refractivity contribution in [1.29, 1.82) is 0 Å². The summed E-state index contributed by atoms with van der Waals surface area (Å²) in [5.41, 5.74) is 1.90. The molecule has 0 saturated heterocycles. The molecule has 1 unspecified atom stereocenters. The van der Waals surface area contributed by atoms with Gasteiger partial charge in [-0.25, -0.2) is 4.39 Å². The maximum Gasteiger partial charge on any atom is 0.251 e. The van der Waals surface area contributed by atoms with E-state index in [1.54, 1.807) is 44.4 Å². The third-order valence-corrected chi connectivity index (χ3v) is 3.39. The van der Waals surface area contributed by atoms with E-state index in [0.29, 0.717) is 16.9 Å². The van der Waals surface area contributed by atoms with Gasteiger partial charge >= 0.3 is 0 Å². The van der Waals surface area contributed by atoms with Gasteiger partial charge < -0.3 is 10.1 Å². The molecule has 0 saturated carbocycles. The van der Waals surface area contributed by atoms with Crippen LogP contribution in [0.25, 0.3) is 0 Å². The standard InChI is InChI=1S/C17H18FNO2/c1-11-8-9-13(10-16(11)21-3)17(20)19-12(2)14-6-4-5-7-15(14)18/h4-10,12H,1-3H3,(H,19,20). The van der Waals surface area contributed by atoms with Crippen LogP contribution in [0.3, 0.4) is 0 Å². The third kappa shape index (κ3) is 3.40. The first-order valence-electron chi connectivity index (χ1n) is 6.73. The van der Waals surface area contributed by atoms with Crippen molar-refractivity contribution < 1.29 is 13.9 Å². The largest absolute Gasteiger partial charge is 0.496 e. The van der Waals surface area contributed by atoms with Crippen molar-refractivity contribution in [2.24, 2.45) is 0 Å². The van der Waals surface area contributed by atoms with Crippen LogP contribution in [0.4, 0.5) is 4.39 Å². The predicted octanol–water partition coefficient (Wildman–Crippen LogP) is 3.63. The zero-order chi connectivity index (χ0) is 15.4. The summed E-state index contributed by atoms with van der Waals surface area (Å²) >= 11 is 0. The molecule has 2 aromatic carbocycles. The quantitative estimate of drug-likeness (QED) is 0.932. The molecule has 0 radical (unpaired) electrons. The van der Waals surface area contributed by atoms with E-state index in [0.717, 1.165) is 5.56 Å². The van der Waals surface area contributed by atoms with E-state index in [1.165, 1.54) is 6.07 Å². The van der Waals surface area contributed by atoms with Gasteiger partial charge in [-0.05, 0) is 37.6 Å². The van der Waals surface area contributed by atoms with E-state index in [2.05, 4.69) is 5.32 Å². The summed E-state index contributed by atoms with van der Waals surface area (Å²) in [6.07, 6.45) is 0. The molecule has 2 rings (SSSR count). The molecule has 0 spiro atoms. The first-order chi connectivity index (χ1) is 10.0. The lowest BCUT2D eigenvalue weighted by atomic mass is 10.1. The van der Waals surface area contributed by atoms with E-state index in [1.807, 2.05) is 13.0 Å². The van der Waals surface area contributed by atoms with Crippen LogP contribution in [0.15, 0.2) is 42.5 Å². The minimum atomic E-state index is -0.411. The monoisotopic (exact) mass is 287 g/mol. The zero-order valence-electron chi connectivity index (χ0n) is 12.3. The number of ether oxygens (including phenoxy) is 1. The number of carbonyl (C=O) groups excluding carboxylic acids is 1. The molecule has 0 aliphatic carbocycles. The number of carbonyl (C=O) groups is 1. The molecule has 0 fully saturated rings. The van der Waals surface area contributed by atoms with E-state index in [9.17, 15) is 9.18 Å². The Labute approximate surface area is 123 Å². The van der Waals surface area contributed by atoms with Crippen molar-refractivity contribution in [3.63, 3.8) is 0 Å². The number of hydrogen-bond donors (Lipinski definition) is 1. The molecule has 21 heavy (non-hydrogen) atoms. The van der Waals surface area contributed by atoms with E-state index < -0.39 is 6.04 Å². The number of halogens is 1. The van der Waals surface area contributed by atoms with Crippen LogP contribution >= 0.6 is 0 Å². The fraction of sp³-hybridized carbons (Fsp3) is 0.235. The Morgan fingerprint density at radius 1 is 1.24 bits per heavy atom. The van der Waals surface area contributed by atoms with Crippen LogP contribution in [0.2, 0.25) is 0 Å². The molecule has 110 valence electrons. The highest BCUT2D eigenvalue weighted by Gasteiger charge is 2.15. The van der Waals surface area contributed by atoms with Crippen LogP contribution in [0.1, 0.15) is 34.5 Å². The van der Waals surface area contributed by atoms with Gasteiger partial charge in [-0.3, -0.25) is 4.79 Å². The van der Waals surface area contributed by atoms with Crippen molar-refractivity contribution in [3.05, 3.63) is 65.0 Å². The van der Waals surface area contributed by atoms with Crippen molar-refractivity contribution in [1.82, 2.24) is 5.32 Å². The summed E-state index contributed by atoms with van der Waals surface area (Å²) in [4.78, 5) is 12.2. The number of methoxy groups -OCH3 is 1. The summed E-state index contributed by atoms with van der Waals surface area (Å²) in [5, 5.41) is 2.79. The minimum Gasteiger partial charge on any atom is -0.496 e. The average molecular weight is 287 g/mol. The molecule has 0 bridgehead atoms. The summed E-state index contributed by atoms with van der Waals surface area (Å²) in [7, 11) is 1.56. The van der Waals surface area contributed by atoms with Gasteiger partial charge in [-0.1, -0.05) is 24.3 Å². The van der Waals surface area contributed by atoms with Crippen LogP contribution in [0.5, 0.6) is 5.75 Å². The molecule has 0 aliphatic rings. The van der Waals surface area contributed by atoms with E-state index in [4.69, 9.17) is 4.74 Å². The molecular weight excluding hydrogens is 269 g/mol. The molecule has 3 nitrogen and oxygen atoms in total. The number of benzene rings is 2. The SMILES string of the molecule is COc1cc(C(=O)NC(C)c2ccccc2F)ccc1C. The second kappa shape index (κ2) is 6.39. The predicted molar refractivity (Wildman–Crippen MR) is 80.0 cm³/mol. The fourth-order valence-electron chi connectivity index (χ4n) is 2.15. The number of hydrogen-bond acceptors (Lipinski definition) is 2.